The SMILES string of the molecule is Cc1cc(C)c2sc(N(CCCN(C)C)C(=O)C3CCCN3S(=O)(=O)c3ccc(Cl)s3)nc2c1. The first-order valence-electron chi connectivity index (χ1n) is 11.2. The number of hydrogen-bond acceptors (Lipinski definition) is 7. The number of benzene rings is 1. The summed E-state index contributed by atoms with van der Waals surface area (Å²) in [5.74, 6) is -0.212. The number of halogens is 1. The van der Waals surface area contributed by atoms with Crippen LogP contribution in [-0.4, -0.2) is 68.3 Å². The molecule has 0 bridgehead atoms. The van der Waals surface area contributed by atoms with E-state index in [0.717, 1.165) is 45.6 Å². The van der Waals surface area contributed by atoms with Gasteiger partial charge in [0, 0.05) is 13.1 Å². The molecule has 0 spiro atoms. The highest BCUT2D eigenvalue weighted by Crippen LogP contribution is 2.36. The Morgan fingerprint density at radius 2 is 1.97 bits per heavy atom. The molecule has 1 unspecified atom stereocenters. The summed E-state index contributed by atoms with van der Waals surface area (Å²) in [4.78, 5) is 22.5. The number of aryl methyl sites for hydroxylation is 2. The van der Waals surface area contributed by atoms with Crippen LogP contribution in [0, 0.1) is 13.8 Å². The van der Waals surface area contributed by atoms with Gasteiger partial charge in [-0.25, -0.2) is 13.4 Å². The number of thiophene rings is 1. The van der Waals surface area contributed by atoms with E-state index in [-0.39, 0.29) is 10.1 Å². The summed E-state index contributed by atoms with van der Waals surface area (Å²) in [6.07, 6.45) is 1.88. The maximum atomic E-state index is 13.9. The Morgan fingerprint density at radius 1 is 1.21 bits per heavy atom. The molecule has 1 atom stereocenters. The minimum Gasteiger partial charge on any atom is -0.309 e. The predicted octanol–water partition coefficient (Wildman–Crippen LogP) is 4.77. The first kappa shape index (κ1) is 25.5. The van der Waals surface area contributed by atoms with Gasteiger partial charge in [-0.2, -0.15) is 4.31 Å². The summed E-state index contributed by atoms with van der Waals surface area (Å²) < 4.78 is 29.6. The molecular formula is C23H29ClN4O3S3. The molecule has 184 valence electrons. The Morgan fingerprint density at radius 3 is 2.65 bits per heavy atom. The van der Waals surface area contributed by atoms with Crippen molar-refractivity contribution in [1.29, 1.82) is 0 Å². The van der Waals surface area contributed by atoms with Gasteiger partial charge in [0.1, 0.15) is 10.3 Å². The number of sulfonamides is 1. The van der Waals surface area contributed by atoms with Crippen molar-refractivity contribution in [3.8, 4) is 0 Å². The van der Waals surface area contributed by atoms with E-state index in [2.05, 4.69) is 11.0 Å². The lowest BCUT2D eigenvalue weighted by Crippen LogP contribution is -2.48. The summed E-state index contributed by atoms with van der Waals surface area (Å²) in [6.45, 7) is 5.69. The van der Waals surface area contributed by atoms with Crippen LogP contribution < -0.4 is 4.90 Å². The minimum atomic E-state index is -3.80. The quantitative estimate of drug-likeness (QED) is 0.411. The number of thiazole rings is 1. The van der Waals surface area contributed by atoms with E-state index in [1.807, 2.05) is 34.0 Å². The average Bonchev–Trinajstić information content (AvgIpc) is 3.49. The lowest BCUT2D eigenvalue weighted by Gasteiger charge is -2.28. The minimum absolute atomic E-state index is 0.169. The van der Waals surface area contributed by atoms with E-state index in [4.69, 9.17) is 16.6 Å². The van der Waals surface area contributed by atoms with E-state index in [1.165, 1.54) is 21.7 Å². The molecule has 0 saturated carbocycles. The van der Waals surface area contributed by atoms with Gasteiger partial charge in [-0.15, -0.1) is 11.3 Å². The molecule has 2 aromatic heterocycles. The van der Waals surface area contributed by atoms with Crippen molar-refractivity contribution in [2.45, 2.75) is 43.4 Å². The smallest absolute Gasteiger partial charge is 0.253 e. The molecule has 0 aliphatic carbocycles. The first-order valence-corrected chi connectivity index (χ1v) is 14.6. The summed E-state index contributed by atoms with van der Waals surface area (Å²) >= 11 is 8.51. The second kappa shape index (κ2) is 10.2. The predicted molar refractivity (Wildman–Crippen MR) is 141 cm³/mol. The average molecular weight is 541 g/mol. The van der Waals surface area contributed by atoms with E-state index >= 15 is 0 Å². The lowest BCUT2D eigenvalue weighted by molar-refractivity contribution is -0.121. The van der Waals surface area contributed by atoms with Crippen molar-refractivity contribution in [2.75, 3.05) is 38.6 Å². The number of fused-ring (bicyclic) bond motifs is 1. The van der Waals surface area contributed by atoms with Gasteiger partial charge in [-0.1, -0.05) is 29.0 Å². The molecule has 0 N–H and O–H groups in total. The fraction of sp³-hybridized carbons (Fsp3) is 0.478. The number of amides is 1. The standard InChI is InChI=1S/C23H29ClN4O3S3/c1-15-13-16(2)21-17(14-15)25-23(33-21)27(11-6-10-26(3)4)22(29)18-7-5-12-28(18)34(30,31)20-9-8-19(24)32-20/h8-9,13-14,18H,5-7,10-12H2,1-4H3. The maximum absolute atomic E-state index is 13.9. The molecule has 3 heterocycles. The van der Waals surface area contributed by atoms with E-state index in [1.54, 1.807) is 11.0 Å². The zero-order chi connectivity index (χ0) is 24.6. The van der Waals surface area contributed by atoms with Crippen molar-refractivity contribution in [3.63, 3.8) is 0 Å². The number of carbonyl (C=O) groups excluding carboxylic acids is 1. The van der Waals surface area contributed by atoms with Crippen LogP contribution in [0.3, 0.4) is 0 Å². The molecule has 3 aromatic rings. The molecule has 1 saturated heterocycles. The molecule has 1 aromatic carbocycles. The molecular weight excluding hydrogens is 512 g/mol. The number of anilines is 1. The summed E-state index contributed by atoms with van der Waals surface area (Å²) in [7, 11) is 0.183. The van der Waals surface area contributed by atoms with Crippen molar-refractivity contribution in [1.82, 2.24) is 14.2 Å². The molecule has 1 fully saturated rings. The van der Waals surface area contributed by atoms with E-state index in [0.29, 0.717) is 35.4 Å². The molecule has 7 nitrogen and oxygen atoms in total. The normalized spacial score (nSPS) is 17.2. The van der Waals surface area contributed by atoms with Gasteiger partial charge in [0.15, 0.2) is 5.13 Å². The van der Waals surface area contributed by atoms with Gasteiger partial charge in [0.2, 0.25) is 5.91 Å². The fourth-order valence-corrected chi connectivity index (χ4v) is 8.64. The summed E-state index contributed by atoms with van der Waals surface area (Å²) in [6, 6.07) is 6.47. The largest absolute Gasteiger partial charge is 0.309 e. The van der Waals surface area contributed by atoms with Crippen LogP contribution in [-0.2, 0) is 14.8 Å². The Bertz CT molecular complexity index is 1300. The molecule has 11 heteroatoms. The molecule has 4 rings (SSSR count). The molecule has 1 aliphatic heterocycles. The summed E-state index contributed by atoms with van der Waals surface area (Å²) in [5.41, 5.74) is 3.11. The maximum Gasteiger partial charge on any atom is 0.253 e. The van der Waals surface area contributed by atoms with Crippen molar-refractivity contribution < 1.29 is 13.2 Å². The highest BCUT2D eigenvalue weighted by molar-refractivity contribution is 7.91. The van der Waals surface area contributed by atoms with Crippen LogP contribution in [0.1, 0.15) is 30.4 Å². The van der Waals surface area contributed by atoms with Crippen LogP contribution in [0.15, 0.2) is 28.5 Å². The second-order valence-corrected chi connectivity index (χ2v) is 13.7. The van der Waals surface area contributed by atoms with Gasteiger partial charge in [-0.3, -0.25) is 9.69 Å². The highest BCUT2D eigenvalue weighted by atomic mass is 35.5. The van der Waals surface area contributed by atoms with Crippen LogP contribution in [0.4, 0.5) is 5.13 Å². The number of rotatable bonds is 8. The number of aromatic nitrogens is 1. The third kappa shape index (κ3) is 5.17. The van der Waals surface area contributed by atoms with E-state index < -0.39 is 16.1 Å². The van der Waals surface area contributed by atoms with E-state index in [9.17, 15) is 13.2 Å². The molecule has 0 radical (unpaired) electrons. The van der Waals surface area contributed by atoms with Gasteiger partial charge in [0.25, 0.3) is 10.0 Å². The second-order valence-electron chi connectivity index (χ2n) is 8.91. The monoisotopic (exact) mass is 540 g/mol. The molecule has 34 heavy (non-hydrogen) atoms. The van der Waals surface area contributed by atoms with Gasteiger partial charge >= 0.3 is 0 Å². The van der Waals surface area contributed by atoms with Crippen LogP contribution >= 0.6 is 34.3 Å². The Labute approximate surface area is 214 Å². The van der Waals surface area contributed by atoms with Gasteiger partial charge in [0.05, 0.1) is 14.6 Å². The third-order valence-electron chi connectivity index (χ3n) is 5.89. The van der Waals surface area contributed by atoms with Crippen molar-refractivity contribution in [2.24, 2.45) is 0 Å². The highest BCUT2D eigenvalue weighted by Gasteiger charge is 2.42. The summed E-state index contributed by atoms with van der Waals surface area (Å²) in [5, 5.41) is 0.621. The number of nitrogens with zero attached hydrogens (tertiary/aromatic N) is 4. The zero-order valence-electron chi connectivity index (χ0n) is 19.7. The Balaban J connectivity index is 1.68. The first-order chi connectivity index (χ1) is 16.1. The Hall–Kier alpha value is -1.56. The topological polar surface area (TPSA) is 73.8 Å². The number of hydrogen-bond donors (Lipinski definition) is 0. The van der Waals surface area contributed by atoms with Gasteiger partial charge < -0.3 is 4.90 Å². The van der Waals surface area contributed by atoms with Crippen molar-refractivity contribution in [3.05, 3.63) is 39.7 Å². The van der Waals surface area contributed by atoms with Crippen molar-refractivity contribution >= 4 is 65.6 Å². The molecule has 1 aliphatic rings. The van der Waals surface area contributed by atoms with Crippen LogP contribution in [0.2, 0.25) is 4.34 Å². The van der Waals surface area contributed by atoms with Crippen LogP contribution in [0.5, 0.6) is 0 Å². The third-order valence-corrected chi connectivity index (χ3v) is 10.7. The number of carbonyl (C=O) groups is 1. The lowest BCUT2D eigenvalue weighted by atomic mass is 10.1. The fourth-order valence-electron chi connectivity index (χ4n) is 4.33. The van der Waals surface area contributed by atoms with Gasteiger partial charge in [-0.05, 0) is 83.1 Å². The molecule has 1 amide bonds. The Kier molecular flexibility index (Phi) is 7.66. The zero-order valence-corrected chi connectivity index (χ0v) is 23.0. The van der Waals surface area contributed by atoms with Crippen LogP contribution in [0.25, 0.3) is 10.2 Å².